The number of aryl methyl sites for hydroxylation is 1. The smallest absolute Gasteiger partial charge is 0.286 e. The lowest BCUT2D eigenvalue weighted by Crippen LogP contribution is -2.38. The summed E-state index contributed by atoms with van der Waals surface area (Å²) in [6, 6.07) is 12.9. The monoisotopic (exact) mass is 333 g/mol. The molecule has 1 N–H and O–H groups in total. The third kappa shape index (κ3) is 2.80. The molecule has 2 aromatic carbocycles. The Morgan fingerprint density at radius 2 is 1.78 bits per heavy atom. The van der Waals surface area contributed by atoms with E-state index in [0.717, 1.165) is 12.0 Å². The highest BCUT2D eigenvalue weighted by Gasteiger charge is 2.35. The second kappa shape index (κ2) is 5.86. The molecule has 1 unspecified atom stereocenters. The van der Waals surface area contributed by atoms with E-state index in [-0.39, 0.29) is 6.42 Å². The second-order valence-electron chi connectivity index (χ2n) is 5.47. The highest BCUT2D eigenvalue weighted by Crippen LogP contribution is 2.48. The zero-order valence-corrected chi connectivity index (χ0v) is 13.9. The number of fused-ring (bicyclic) bond motifs is 2. The van der Waals surface area contributed by atoms with E-state index in [1.54, 1.807) is 24.0 Å². The van der Waals surface area contributed by atoms with Crippen LogP contribution in [-0.4, -0.2) is 18.3 Å². The van der Waals surface area contributed by atoms with Gasteiger partial charge in [-0.2, -0.15) is 8.42 Å². The first-order valence-corrected chi connectivity index (χ1v) is 9.11. The van der Waals surface area contributed by atoms with Crippen LogP contribution in [0.5, 0.6) is 11.5 Å². The molecule has 2 aromatic rings. The molecule has 0 bridgehead atoms. The molecule has 1 atom stereocenters. The second-order valence-corrected chi connectivity index (χ2v) is 7.05. The molecule has 0 spiro atoms. The Morgan fingerprint density at radius 3 is 2.43 bits per heavy atom. The molecule has 5 nitrogen and oxygen atoms in total. The van der Waals surface area contributed by atoms with E-state index in [1.165, 1.54) is 0 Å². The summed E-state index contributed by atoms with van der Waals surface area (Å²) in [7, 11) is -4.25. The third-order valence-corrected chi connectivity index (χ3v) is 5.25. The minimum absolute atomic E-state index is 0.252. The summed E-state index contributed by atoms with van der Waals surface area (Å²) in [5, 5.41) is -1.06. The lowest BCUT2D eigenvalue weighted by Gasteiger charge is -2.36. The zero-order chi connectivity index (χ0) is 16.6. The number of rotatable bonds is 4. The van der Waals surface area contributed by atoms with Crippen LogP contribution >= 0.6 is 0 Å². The fourth-order valence-electron chi connectivity index (χ4n) is 2.89. The summed E-state index contributed by atoms with van der Waals surface area (Å²) in [6.07, 6.45) is 1.11. The number of ether oxygens (including phenoxy) is 1. The summed E-state index contributed by atoms with van der Waals surface area (Å²) < 4.78 is 39.4. The quantitative estimate of drug-likeness (QED) is 0.853. The van der Waals surface area contributed by atoms with Crippen molar-refractivity contribution in [3.8, 4) is 11.5 Å². The molecule has 6 heteroatoms. The van der Waals surface area contributed by atoms with E-state index in [9.17, 15) is 13.0 Å². The fraction of sp³-hybridized carbons (Fsp3) is 0.294. The number of nitrogens with zero attached hydrogens (tertiary/aromatic N) is 1. The molecule has 1 aliphatic rings. The van der Waals surface area contributed by atoms with E-state index in [2.05, 4.69) is 0 Å². The molecule has 3 rings (SSSR count). The van der Waals surface area contributed by atoms with Crippen molar-refractivity contribution in [2.75, 3.05) is 4.90 Å². The maximum Gasteiger partial charge on any atom is 0.286 e. The average Bonchev–Trinajstić information content (AvgIpc) is 2.53. The van der Waals surface area contributed by atoms with Gasteiger partial charge in [-0.05, 0) is 42.7 Å². The van der Waals surface area contributed by atoms with Gasteiger partial charge in [0.25, 0.3) is 10.1 Å². The van der Waals surface area contributed by atoms with Gasteiger partial charge >= 0.3 is 0 Å². The van der Waals surface area contributed by atoms with Crippen LogP contribution in [0.15, 0.2) is 42.5 Å². The van der Waals surface area contributed by atoms with Gasteiger partial charge in [0.1, 0.15) is 0 Å². The first kappa shape index (κ1) is 15.8. The Bertz CT molecular complexity index is 832. The Hall–Kier alpha value is -2.05. The normalized spacial score (nSPS) is 14.7. The van der Waals surface area contributed by atoms with E-state index in [4.69, 9.17) is 4.74 Å². The summed E-state index contributed by atoms with van der Waals surface area (Å²) in [4.78, 5) is 1.64. The standard InChI is InChI=1S/C17H19NO4S/c1-3-12-9-10-14-16(11-12)22-15-8-6-5-7-13(15)18(14)17(4-2)23(19,20)21/h5-11,17H,3-4H2,1-2H3,(H,19,20,21). The Balaban J connectivity index is 2.22. The maximum absolute atomic E-state index is 11.9. The fourth-order valence-corrected chi connectivity index (χ4v) is 3.80. The molecule has 1 aliphatic heterocycles. The Labute approximate surface area is 136 Å². The van der Waals surface area contributed by atoms with Crippen molar-refractivity contribution in [3.05, 3.63) is 48.0 Å². The van der Waals surface area contributed by atoms with Gasteiger partial charge in [-0.1, -0.05) is 32.0 Å². The first-order chi connectivity index (χ1) is 11.0. The molecule has 1 heterocycles. The van der Waals surface area contributed by atoms with Crippen LogP contribution < -0.4 is 9.64 Å². The van der Waals surface area contributed by atoms with Crippen LogP contribution in [0.4, 0.5) is 11.4 Å². The number of hydrogen-bond acceptors (Lipinski definition) is 4. The highest BCUT2D eigenvalue weighted by atomic mass is 32.2. The molecule has 0 aliphatic carbocycles. The van der Waals surface area contributed by atoms with Crippen molar-refractivity contribution < 1.29 is 17.7 Å². The lowest BCUT2D eigenvalue weighted by molar-refractivity contribution is 0.451. The molecular formula is C17H19NO4S. The van der Waals surface area contributed by atoms with Gasteiger partial charge in [-0.15, -0.1) is 0 Å². The maximum atomic E-state index is 11.9. The van der Waals surface area contributed by atoms with E-state index in [0.29, 0.717) is 22.9 Å². The van der Waals surface area contributed by atoms with Crippen LogP contribution in [0, 0.1) is 0 Å². The zero-order valence-electron chi connectivity index (χ0n) is 13.1. The van der Waals surface area contributed by atoms with Crippen LogP contribution in [0.25, 0.3) is 0 Å². The van der Waals surface area contributed by atoms with Crippen molar-refractivity contribution in [2.45, 2.75) is 32.1 Å². The highest BCUT2D eigenvalue weighted by molar-refractivity contribution is 7.86. The van der Waals surface area contributed by atoms with Gasteiger partial charge in [-0.25, -0.2) is 0 Å². The summed E-state index contributed by atoms with van der Waals surface area (Å²) in [5.74, 6) is 1.18. The van der Waals surface area contributed by atoms with Crippen LogP contribution in [-0.2, 0) is 16.5 Å². The minimum atomic E-state index is -4.25. The molecule has 0 fully saturated rings. The van der Waals surface area contributed by atoms with Crippen molar-refractivity contribution in [2.24, 2.45) is 0 Å². The molecule has 122 valence electrons. The van der Waals surface area contributed by atoms with E-state index in [1.807, 2.05) is 37.3 Å². The first-order valence-electron chi connectivity index (χ1n) is 7.61. The number of benzene rings is 2. The molecule has 23 heavy (non-hydrogen) atoms. The van der Waals surface area contributed by atoms with Crippen LogP contribution in [0.2, 0.25) is 0 Å². The lowest BCUT2D eigenvalue weighted by atomic mass is 10.1. The van der Waals surface area contributed by atoms with Crippen LogP contribution in [0.1, 0.15) is 25.8 Å². The van der Waals surface area contributed by atoms with Gasteiger partial charge in [0.2, 0.25) is 0 Å². The van der Waals surface area contributed by atoms with Crippen molar-refractivity contribution in [1.29, 1.82) is 0 Å². The predicted molar refractivity (Wildman–Crippen MR) is 90.1 cm³/mol. The summed E-state index contributed by atoms with van der Waals surface area (Å²) in [5.41, 5.74) is 2.38. The Morgan fingerprint density at radius 1 is 1.09 bits per heavy atom. The van der Waals surface area contributed by atoms with E-state index < -0.39 is 15.5 Å². The van der Waals surface area contributed by atoms with Gasteiger partial charge in [0.15, 0.2) is 16.9 Å². The van der Waals surface area contributed by atoms with E-state index >= 15 is 0 Å². The minimum Gasteiger partial charge on any atom is -0.453 e. The molecule has 0 saturated carbocycles. The number of hydrogen-bond donors (Lipinski definition) is 1. The molecular weight excluding hydrogens is 314 g/mol. The number of para-hydroxylation sites is 2. The Kier molecular flexibility index (Phi) is 4.04. The molecule has 0 amide bonds. The molecule has 0 saturated heterocycles. The largest absolute Gasteiger partial charge is 0.453 e. The summed E-state index contributed by atoms with van der Waals surface area (Å²) in [6.45, 7) is 3.78. The predicted octanol–water partition coefficient (Wildman–Crippen LogP) is 4.12. The van der Waals surface area contributed by atoms with Crippen LogP contribution in [0.3, 0.4) is 0 Å². The van der Waals surface area contributed by atoms with Gasteiger partial charge in [0.05, 0.1) is 11.4 Å². The van der Waals surface area contributed by atoms with Gasteiger partial charge in [0, 0.05) is 0 Å². The number of anilines is 2. The average molecular weight is 333 g/mol. The van der Waals surface area contributed by atoms with Crippen molar-refractivity contribution in [1.82, 2.24) is 0 Å². The van der Waals surface area contributed by atoms with Gasteiger partial charge < -0.3 is 9.64 Å². The third-order valence-electron chi connectivity index (χ3n) is 4.02. The summed E-state index contributed by atoms with van der Waals surface area (Å²) >= 11 is 0. The van der Waals surface area contributed by atoms with Crippen molar-refractivity contribution >= 4 is 21.5 Å². The topological polar surface area (TPSA) is 66.8 Å². The SMILES string of the molecule is CCc1ccc2c(c1)Oc1ccccc1N2C(CC)S(=O)(=O)O. The van der Waals surface area contributed by atoms with Crippen molar-refractivity contribution in [3.63, 3.8) is 0 Å². The molecule has 0 aromatic heterocycles. The van der Waals surface area contributed by atoms with Gasteiger partial charge in [-0.3, -0.25) is 4.55 Å². The molecule has 0 radical (unpaired) electrons.